The highest BCUT2D eigenvalue weighted by atomic mass is 16.8. The number of allylic oxidation sites excluding steroid dienone is 1. The summed E-state index contributed by atoms with van der Waals surface area (Å²) in [5.74, 6) is -0.140. The molecule has 2 heterocycles. The highest BCUT2D eigenvalue weighted by Gasteiger charge is 2.52. The minimum atomic E-state index is -0.594. The van der Waals surface area contributed by atoms with Gasteiger partial charge < -0.3 is 24.8 Å². The van der Waals surface area contributed by atoms with Crippen molar-refractivity contribution >= 4 is 0 Å². The molecule has 0 aromatic rings. The van der Waals surface area contributed by atoms with Crippen LogP contribution in [0, 0.1) is 5.92 Å². The molecule has 5 nitrogen and oxygen atoms in total. The first-order valence-corrected chi connectivity index (χ1v) is 10.1. The molecule has 26 heavy (non-hydrogen) atoms. The molecule has 6 atom stereocenters. The highest BCUT2D eigenvalue weighted by Crippen LogP contribution is 2.46. The number of aliphatic hydroxyl groups excluding tert-OH is 3. The zero-order valence-corrected chi connectivity index (χ0v) is 16.1. The molecule has 2 saturated heterocycles. The number of fused-ring (bicyclic) bond motifs is 2. The molecule has 2 bridgehead atoms. The van der Waals surface area contributed by atoms with Gasteiger partial charge in [-0.2, -0.15) is 0 Å². The number of unbranched alkanes of at least 4 members (excludes halogenated alkanes) is 1. The fourth-order valence-electron chi connectivity index (χ4n) is 4.07. The van der Waals surface area contributed by atoms with E-state index in [1.54, 1.807) is 6.08 Å². The van der Waals surface area contributed by atoms with Gasteiger partial charge in [0.1, 0.15) is 0 Å². The van der Waals surface area contributed by atoms with Gasteiger partial charge in [0.2, 0.25) is 0 Å². The molecule has 2 aliphatic rings. The van der Waals surface area contributed by atoms with Crippen LogP contribution in [0.15, 0.2) is 24.8 Å². The normalized spacial score (nSPS) is 33.5. The van der Waals surface area contributed by atoms with Crippen LogP contribution in [-0.2, 0) is 9.47 Å². The molecule has 0 unspecified atom stereocenters. The second kappa shape index (κ2) is 10.6. The van der Waals surface area contributed by atoms with Crippen molar-refractivity contribution < 1.29 is 24.8 Å². The van der Waals surface area contributed by atoms with E-state index in [4.69, 9.17) is 14.6 Å². The Morgan fingerprint density at radius 1 is 1.19 bits per heavy atom. The SMILES string of the molecule is C=CCCC[C@H](O)C[C@@H](O)CC[C@@]12CC[C@@H](C)[C@@H](O1)[C@@H](C/C=C\CO)O2. The van der Waals surface area contributed by atoms with Gasteiger partial charge in [-0.3, -0.25) is 0 Å². The van der Waals surface area contributed by atoms with Crippen LogP contribution in [0.3, 0.4) is 0 Å². The van der Waals surface area contributed by atoms with Crippen LogP contribution in [0.1, 0.15) is 64.7 Å². The molecule has 0 saturated carbocycles. The quantitative estimate of drug-likeness (QED) is 0.364. The van der Waals surface area contributed by atoms with Gasteiger partial charge in [0, 0.05) is 12.8 Å². The van der Waals surface area contributed by atoms with E-state index in [1.165, 1.54) is 0 Å². The van der Waals surface area contributed by atoms with Crippen molar-refractivity contribution in [2.24, 2.45) is 5.92 Å². The lowest BCUT2D eigenvalue weighted by atomic mass is 9.89. The number of aliphatic hydroxyl groups is 3. The van der Waals surface area contributed by atoms with Crippen LogP contribution in [0.25, 0.3) is 0 Å². The van der Waals surface area contributed by atoms with Gasteiger partial charge in [0.15, 0.2) is 5.79 Å². The molecular weight excluding hydrogens is 332 g/mol. The molecule has 2 rings (SSSR count). The molecular formula is C21H36O5. The van der Waals surface area contributed by atoms with Crippen LogP contribution >= 0.6 is 0 Å². The van der Waals surface area contributed by atoms with Crippen LogP contribution < -0.4 is 0 Å². The monoisotopic (exact) mass is 368 g/mol. The van der Waals surface area contributed by atoms with Crippen molar-refractivity contribution in [1.82, 2.24) is 0 Å². The third-order valence-corrected chi connectivity index (χ3v) is 5.61. The van der Waals surface area contributed by atoms with E-state index in [1.807, 2.05) is 12.2 Å². The minimum absolute atomic E-state index is 0.0111. The zero-order valence-electron chi connectivity index (χ0n) is 16.1. The summed E-state index contributed by atoms with van der Waals surface area (Å²) in [7, 11) is 0. The zero-order chi connectivity index (χ0) is 19.0. The fraction of sp³-hybridized carbons (Fsp3) is 0.810. The largest absolute Gasteiger partial charge is 0.393 e. The second-order valence-electron chi connectivity index (χ2n) is 7.86. The number of hydrogen-bond acceptors (Lipinski definition) is 5. The topological polar surface area (TPSA) is 79.2 Å². The summed E-state index contributed by atoms with van der Waals surface area (Å²) >= 11 is 0. The van der Waals surface area contributed by atoms with Crippen LogP contribution in [0.5, 0.6) is 0 Å². The summed E-state index contributed by atoms with van der Waals surface area (Å²) in [4.78, 5) is 0. The van der Waals surface area contributed by atoms with E-state index < -0.39 is 18.0 Å². The highest BCUT2D eigenvalue weighted by molar-refractivity contribution is 4.97. The Morgan fingerprint density at radius 3 is 2.69 bits per heavy atom. The van der Waals surface area contributed by atoms with Crippen LogP contribution in [0.2, 0.25) is 0 Å². The first kappa shape index (κ1) is 21.6. The van der Waals surface area contributed by atoms with Crippen molar-refractivity contribution in [2.45, 2.75) is 94.9 Å². The average molecular weight is 369 g/mol. The van der Waals surface area contributed by atoms with Crippen molar-refractivity contribution in [3.05, 3.63) is 24.8 Å². The van der Waals surface area contributed by atoms with Gasteiger partial charge in [-0.15, -0.1) is 6.58 Å². The summed E-state index contributed by atoms with van der Waals surface area (Å²) in [6.07, 6.45) is 11.4. The molecule has 2 aliphatic heterocycles. The molecule has 2 fully saturated rings. The van der Waals surface area contributed by atoms with Crippen molar-refractivity contribution in [3.8, 4) is 0 Å². The summed E-state index contributed by atoms with van der Waals surface area (Å²) in [6, 6.07) is 0. The standard InChI is InChI=1S/C21H36O5/c1-3-4-5-8-17(23)15-18(24)11-13-21-12-10-16(2)20(26-21)19(25-21)9-6-7-14-22/h3,6-7,16-20,22-24H,1,4-5,8-15H2,2H3/b7-6-/t16-,17+,18+,19-,20-,21-/m1/s1. The molecule has 0 amide bonds. The maximum absolute atomic E-state index is 10.3. The average Bonchev–Trinajstić information content (AvgIpc) is 2.92. The van der Waals surface area contributed by atoms with Gasteiger partial charge in [-0.05, 0) is 50.9 Å². The molecule has 0 aromatic carbocycles. The van der Waals surface area contributed by atoms with E-state index in [0.717, 1.165) is 32.1 Å². The maximum Gasteiger partial charge on any atom is 0.169 e. The Hall–Kier alpha value is -0.720. The summed E-state index contributed by atoms with van der Waals surface area (Å²) < 4.78 is 12.6. The fourth-order valence-corrected chi connectivity index (χ4v) is 4.07. The summed E-state index contributed by atoms with van der Waals surface area (Å²) in [5.41, 5.74) is 0. The second-order valence-corrected chi connectivity index (χ2v) is 7.86. The molecule has 0 radical (unpaired) electrons. The molecule has 0 aromatic heterocycles. The number of hydrogen-bond donors (Lipinski definition) is 3. The van der Waals surface area contributed by atoms with E-state index in [0.29, 0.717) is 31.6 Å². The third kappa shape index (κ3) is 6.17. The lowest BCUT2D eigenvalue weighted by Gasteiger charge is -2.35. The lowest BCUT2D eigenvalue weighted by Crippen LogP contribution is -2.38. The summed E-state index contributed by atoms with van der Waals surface area (Å²) in [5, 5.41) is 29.2. The molecule has 3 N–H and O–H groups in total. The summed E-state index contributed by atoms with van der Waals surface area (Å²) in [6.45, 7) is 5.92. The molecule has 5 heteroatoms. The van der Waals surface area contributed by atoms with Crippen LogP contribution in [0.4, 0.5) is 0 Å². The van der Waals surface area contributed by atoms with E-state index >= 15 is 0 Å². The van der Waals surface area contributed by atoms with Crippen molar-refractivity contribution in [3.63, 3.8) is 0 Å². The van der Waals surface area contributed by atoms with Gasteiger partial charge in [0.05, 0.1) is 31.0 Å². The van der Waals surface area contributed by atoms with Gasteiger partial charge in [-0.1, -0.05) is 25.2 Å². The molecule has 0 spiro atoms. The van der Waals surface area contributed by atoms with E-state index in [-0.39, 0.29) is 18.8 Å². The minimum Gasteiger partial charge on any atom is -0.393 e. The third-order valence-electron chi connectivity index (χ3n) is 5.61. The van der Waals surface area contributed by atoms with Gasteiger partial charge in [0.25, 0.3) is 0 Å². The molecule has 150 valence electrons. The number of rotatable bonds is 12. The first-order chi connectivity index (χ1) is 12.5. The lowest BCUT2D eigenvalue weighted by molar-refractivity contribution is -0.208. The Morgan fingerprint density at radius 2 is 1.96 bits per heavy atom. The van der Waals surface area contributed by atoms with Crippen molar-refractivity contribution in [2.75, 3.05) is 6.61 Å². The Labute approximate surface area is 157 Å². The Kier molecular flexibility index (Phi) is 8.77. The smallest absolute Gasteiger partial charge is 0.169 e. The predicted molar refractivity (Wildman–Crippen MR) is 102 cm³/mol. The van der Waals surface area contributed by atoms with E-state index in [2.05, 4.69) is 13.5 Å². The molecule has 0 aliphatic carbocycles. The van der Waals surface area contributed by atoms with Crippen LogP contribution in [-0.4, -0.2) is 52.1 Å². The first-order valence-electron chi connectivity index (χ1n) is 10.1. The Bertz CT molecular complexity index is 452. The predicted octanol–water partition coefficient (Wildman–Crippen LogP) is 3.08. The Balaban J connectivity index is 1.80. The van der Waals surface area contributed by atoms with Gasteiger partial charge >= 0.3 is 0 Å². The van der Waals surface area contributed by atoms with Gasteiger partial charge in [-0.25, -0.2) is 0 Å². The maximum atomic E-state index is 10.3. The van der Waals surface area contributed by atoms with E-state index in [9.17, 15) is 10.2 Å². The van der Waals surface area contributed by atoms with Crippen molar-refractivity contribution in [1.29, 1.82) is 0 Å². The number of ether oxygens (including phenoxy) is 2.